The second kappa shape index (κ2) is 8.97. The van der Waals surface area contributed by atoms with Gasteiger partial charge in [-0.15, -0.1) is 24.0 Å². The van der Waals surface area contributed by atoms with Crippen molar-refractivity contribution in [3.8, 4) is 0 Å². The summed E-state index contributed by atoms with van der Waals surface area (Å²) in [4.78, 5) is 6.89. The Kier molecular flexibility index (Phi) is 8.93. The monoisotopic (exact) mass is 384 g/mol. The summed E-state index contributed by atoms with van der Waals surface area (Å²) in [7, 11) is 2.12. The number of ether oxygens (including phenoxy) is 1. The minimum atomic E-state index is 0. The average Bonchev–Trinajstić information content (AvgIpc) is 2.24. The Morgan fingerprint density at radius 1 is 1.42 bits per heavy atom. The molecule has 1 saturated heterocycles. The van der Waals surface area contributed by atoms with Crippen molar-refractivity contribution in [1.29, 1.82) is 0 Å². The van der Waals surface area contributed by atoms with E-state index in [9.17, 15) is 0 Å². The van der Waals surface area contributed by atoms with E-state index in [1.54, 1.807) is 0 Å². The highest BCUT2D eigenvalue weighted by Gasteiger charge is 2.18. The minimum absolute atomic E-state index is 0. The Morgan fingerprint density at radius 3 is 2.63 bits per heavy atom. The zero-order valence-electron chi connectivity index (χ0n) is 12.8. The van der Waals surface area contributed by atoms with Crippen LogP contribution in [0, 0.1) is 0 Å². The van der Waals surface area contributed by atoms with Crippen molar-refractivity contribution < 1.29 is 4.74 Å². The van der Waals surface area contributed by atoms with Crippen molar-refractivity contribution in [3.63, 3.8) is 0 Å². The Morgan fingerprint density at radius 2 is 2.11 bits per heavy atom. The normalized spacial score (nSPS) is 21.7. The van der Waals surface area contributed by atoms with E-state index in [1.807, 2.05) is 0 Å². The van der Waals surface area contributed by atoms with Gasteiger partial charge in [-0.3, -0.25) is 4.99 Å². The summed E-state index contributed by atoms with van der Waals surface area (Å²) in [5, 5.41) is 6.64. The second-order valence-electron chi connectivity index (χ2n) is 5.85. The summed E-state index contributed by atoms with van der Waals surface area (Å²) in [5.41, 5.74) is 0.0191. The van der Waals surface area contributed by atoms with Crippen LogP contribution >= 0.6 is 24.0 Å². The summed E-state index contributed by atoms with van der Waals surface area (Å²) in [6.45, 7) is 12.8. The molecule has 2 N–H and O–H groups in total. The van der Waals surface area contributed by atoms with Gasteiger partial charge in [0.25, 0.3) is 0 Å². The molecule has 5 nitrogen and oxygen atoms in total. The smallest absolute Gasteiger partial charge is 0.191 e. The van der Waals surface area contributed by atoms with Gasteiger partial charge in [-0.1, -0.05) is 0 Å². The third-order valence-corrected chi connectivity index (χ3v) is 2.63. The molecule has 0 spiro atoms. The van der Waals surface area contributed by atoms with Gasteiger partial charge >= 0.3 is 0 Å². The highest BCUT2D eigenvalue weighted by molar-refractivity contribution is 14.0. The molecule has 1 atom stereocenters. The van der Waals surface area contributed by atoms with Crippen LogP contribution in [0.4, 0.5) is 0 Å². The van der Waals surface area contributed by atoms with Crippen molar-refractivity contribution in [3.05, 3.63) is 0 Å². The first-order valence-electron chi connectivity index (χ1n) is 6.77. The lowest BCUT2D eigenvalue weighted by Crippen LogP contribution is -2.48. The van der Waals surface area contributed by atoms with E-state index < -0.39 is 0 Å². The van der Waals surface area contributed by atoms with Crippen LogP contribution in [0.3, 0.4) is 0 Å². The fourth-order valence-corrected chi connectivity index (χ4v) is 1.83. The number of morpholine rings is 1. The van der Waals surface area contributed by atoms with E-state index in [1.165, 1.54) is 0 Å². The summed E-state index contributed by atoms with van der Waals surface area (Å²) in [6, 6.07) is 0. The van der Waals surface area contributed by atoms with E-state index in [2.05, 4.69) is 55.3 Å². The maximum Gasteiger partial charge on any atom is 0.191 e. The molecule has 1 fully saturated rings. The maximum absolute atomic E-state index is 5.70. The molecule has 0 aromatic rings. The van der Waals surface area contributed by atoms with Crippen LogP contribution in [-0.2, 0) is 4.74 Å². The van der Waals surface area contributed by atoms with Crippen molar-refractivity contribution in [2.24, 2.45) is 4.99 Å². The molecule has 0 radical (unpaired) electrons. The van der Waals surface area contributed by atoms with Crippen LogP contribution < -0.4 is 10.6 Å². The number of halogens is 1. The first kappa shape index (κ1) is 18.9. The number of hydrogen-bond donors (Lipinski definition) is 2. The molecule has 0 saturated carbocycles. The summed E-state index contributed by atoms with van der Waals surface area (Å²) in [5.74, 6) is 0.863. The van der Waals surface area contributed by atoms with Gasteiger partial charge in [0.1, 0.15) is 0 Å². The van der Waals surface area contributed by atoms with Crippen molar-refractivity contribution in [1.82, 2.24) is 15.5 Å². The van der Waals surface area contributed by atoms with Gasteiger partial charge in [-0.25, -0.2) is 0 Å². The Bertz CT molecular complexity index is 278. The van der Waals surface area contributed by atoms with E-state index in [0.29, 0.717) is 6.54 Å². The Hall–Kier alpha value is -0.0800. The standard InChI is InChI=1S/C13H28N4O.HI/c1-6-14-12(16-13(2,3)4)15-9-11-10-17(5)7-8-18-11;/h11H,6-10H2,1-5H3,(H2,14,15,16);1H. The van der Waals surface area contributed by atoms with Gasteiger partial charge in [0.2, 0.25) is 0 Å². The van der Waals surface area contributed by atoms with Gasteiger partial charge in [0.05, 0.1) is 19.3 Å². The van der Waals surface area contributed by atoms with Crippen LogP contribution in [-0.4, -0.2) is 62.3 Å². The molecule has 0 amide bonds. The van der Waals surface area contributed by atoms with Gasteiger partial charge in [0.15, 0.2) is 5.96 Å². The molecule has 0 aliphatic carbocycles. The predicted octanol–water partition coefficient (Wildman–Crippen LogP) is 1.29. The molecule has 0 aromatic carbocycles. The Balaban J connectivity index is 0.00000324. The van der Waals surface area contributed by atoms with Crippen LogP contribution in [0.15, 0.2) is 4.99 Å². The molecule has 6 heteroatoms. The van der Waals surface area contributed by atoms with Crippen LogP contribution in [0.2, 0.25) is 0 Å². The number of hydrogen-bond acceptors (Lipinski definition) is 3. The summed E-state index contributed by atoms with van der Waals surface area (Å²) in [6.07, 6.45) is 0.208. The fraction of sp³-hybridized carbons (Fsp3) is 0.923. The first-order valence-corrected chi connectivity index (χ1v) is 6.77. The molecule has 1 rings (SSSR count). The zero-order valence-corrected chi connectivity index (χ0v) is 15.2. The molecular weight excluding hydrogens is 355 g/mol. The summed E-state index contributed by atoms with van der Waals surface area (Å²) < 4.78 is 5.70. The van der Waals surface area contributed by atoms with Crippen molar-refractivity contribution >= 4 is 29.9 Å². The first-order chi connectivity index (χ1) is 8.40. The molecule has 0 aromatic heterocycles. The molecule has 1 aliphatic rings. The number of nitrogens with one attached hydrogen (secondary N) is 2. The van der Waals surface area contributed by atoms with Crippen LogP contribution in [0.5, 0.6) is 0 Å². The number of likely N-dealkylation sites (N-methyl/N-ethyl adjacent to an activating group) is 1. The minimum Gasteiger partial charge on any atom is -0.374 e. The summed E-state index contributed by atoms with van der Waals surface area (Å²) >= 11 is 0. The molecular formula is C13H29IN4O. The van der Waals surface area contributed by atoms with Gasteiger partial charge in [-0.05, 0) is 34.7 Å². The largest absolute Gasteiger partial charge is 0.374 e. The molecule has 114 valence electrons. The number of guanidine groups is 1. The van der Waals surface area contributed by atoms with Gasteiger partial charge in [-0.2, -0.15) is 0 Å². The topological polar surface area (TPSA) is 48.9 Å². The zero-order chi connectivity index (χ0) is 13.6. The quantitative estimate of drug-likeness (QED) is 0.438. The van der Waals surface area contributed by atoms with Crippen molar-refractivity contribution in [2.45, 2.75) is 39.3 Å². The molecule has 1 heterocycles. The third-order valence-electron chi connectivity index (χ3n) is 2.63. The molecule has 1 aliphatic heterocycles. The third kappa shape index (κ3) is 8.65. The average molecular weight is 384 g/mol. The number of nitrogens with zero attached hydrogens (tertiary/aromatic N) is 2. The highest BCUT2D eigenvalue weighted by Crippen LogP contribution is 2.03. The molecule has 19 heavy (non-hydrogen) atoms. The van der Waals surface area contributed by atoms with E-state index in [4.69, 9.17) is 4.74 Å². The SMILES string of the molecule is CCNC(=NCC1CN(C)CCO1)NC(C)(C)C.I. The van der Waals surface area contributed by atoms with Gasteiger partial charge in [0, 0.05) is 25.2 Å². The predicted molar refractivity (Wildman–Crippen MR) is 91.5 cm³/mol. The Labute approximate surface area is 134 Å². The molecule has 0 bridgehead atoms. The maximum atomic E-state index is 5.70. The lowest BCUT2D eigenvalue weighted by Gasteiger charge is -2.29. The highest BCUT2D eigenvalue weighted by atomic mass is 127. The van der Waals surface area contributed by atoms with Crippen molar-refractivity contribution in [2.75, 3.05) is 39.8 Å². The fourth-order valence-electron chi connectivity index (χ4n) is 1.83. The number of aliphatic imine (C=N–C) groups is 1. The number of rotatable bonds is 3. The molecule has 1 unspecified atom stereocenters. The lowest BCUT2D eigenvalue weighted by molar-refractivity contribution is -0.0136. The van der Waals surface area contributed by atoms with Gasteiger partial charge < -0.3 is 20.3 Å². The second-order valence-corrected chi connectivity index (χ2v) is 5.85. The van der Waals surface area contributed by atoms with E-state index in [0.717, 1.165) is 32.2 Å². The van der Waals surface area contributed by atoms with E-state index >= 15 is 0 Å². The van der Waals surface area contributed by atoms with Crippen LogP contribution in [0.1, 0.15) is 27.7 Å². The lowest BCUT2D eigenvalue weighted by atomic mass is 10.1. The van der Waals surface area contributed by atoms with Crippen LogP contribution in [0.25, 0.3) is 0 Å². The van der Waals surface area contributed by atoms with E-state index in [-0.39, 0.29) is 35.6 Å².